The summed E-state index contributed by atoms with van der Waals surface area (Å²) in [4.78, 5) is 22.2. The van der Waals surface area contributed by atoms with E-state index in [1.54, 1.807) is 0 Å². The maximum Gasteiger partial charge on any atom is 0.334 e. The van der Waals surface area contributed by atoms with E-state index >= 15 is 0 Å². The van der Waals surface area contributed by atoms with Gasteiger partial charge in [0.25, 0.3) is 0 Å². The molecule has 4 N–H and O–H groups in total. The summed E-state index contributed by atoms with van der Waals surface area (Å²) in [6, 6.07) is 0. The van der Waals surface area contributed by atoms with Crippen LogP contribution >= 0.6 is 0 Å². The molecule has 92 valence electrons. The minimum Gasteiger partial charge on any atom is -0.479 e. The molecule has 6 heteroatoms. The summed E-state index contributed by atoms with van der Waals surface area (Å²) < 4.78 is 0. The molecule has 6 nitrogen and oxygen atoms in total. The molecule has 0 aromatic heterocycles. The standard InChI is InChI=1S/C10H18N2O4/c1-2-10(3-4-11-6-10)9(16)12-5-7(13)8(14)15/h7,11,13H,2-6H2,1H3,(H,12,16)(H,14,15)/t7-,10?/m0/s1. The lowest BCUT2D eigenvalue weighted by atomic mass is 9.83. The molecule has 1 amide bonds. The summed E-state index contributed by atoms with van der Waals surface area (Å²) in [5, 5.41) is 23.1. The number of amides is 1. The number of carbonyl (C=O) groups is 2. The topological polar surface area (TPSA) is 98.7 Å². The Bertz CT molecular complexity index is 274. The summed E-state index contributed by atoms with van der Waals surface area (Å²) in [5.74, 6) is -1.50. The van der Waals surface area contributed by atoms with Crippen LogP contribution in [0.1, 0.15) is 19.8 Å². The SMILES string of the molecule is CCC1(C(=O)NC[C@H](O)C(=O)O)CCNC1. The highest BCUT2D eigenvalue weighted by molar-refractivity contribution is 5.84. The van der Waals surface area contributed by atoms with Crippen LogP contribution in [0.4, 0.5) is 0 Å². The summed E-state index contributed by atoms with van der Waals surface area (Å²) >= 11 is 0. The van der Waals surface area contributed by atoms with Crippen LogP contribution in [0.25, 0.3) is 0 Å². The van der Waals surface area contributed by atoms with E-state index in [1.165, 1.54) is 0 Å². The molecule has 1 aliphatic heterocycles. The van der Waals surface area contributed by atoms with E-state index < -0.39 is 17.5 Å². The Morgan fingerprint density at radius 3 is 2.69 bits per heavy atom. The van der Waals surface area contributed by atoms with E-state index in [0.717, 1.165) is 13.0 Å². The minimum atomic E-state index is -1.53. The quantitative estimate of drug-likeness (QED) is 0.482. The monoisotopic (exact) mass is 230 g/mol. The molecule has 0 aliphatic carbocycles. The molecular formula is C10H18N2O4. The Kier molecular flexibility index (Phi) is 4.26. The van der Waals surface area contributed by atoms with Crippen LogP contribution in [0.5, 0.6) is 0 Å². The average molecular weight is 230 g/mol. The van der Waals surface area contributed by atoms with Gasteiger partial charge in [0, 0.05) is 6.54 Å². The number of rotatable bonds is 5. The van der Waals surface area contributed by atoms with Gasteiger partial charge >= 0.3 is 5.97 Å². The number of hydrogen-bond acceptors (Lipinski definition) is 4. The van der Waals surface area contributed by atoms with Crippen LogP contribution in [-0.4, -0.2) is 47.8 Å². The molecule has 0 saturated carbocycles. The van der Waals surface area contributed by atoms with Gasteiger partial charge in [-0.25, -0.2) is 4.79 Å². The highest BCUT2D eigenvalue weighted by Crippen LogP contribution is 2.29. The predicted molar refractivity (Wildman–Crippen MR) is 56.9 cm³/mol. The number of carboxylic acid groups (broad SMARTS) is 1. The van der Waals surface area contributed by atoms with Crippen molar-refractivity contribution in [3.63, 3.8) is 0 Å². The fraction of sp³-hybridized carbons (Fsp3) is 0.800. The first-order valence-corrected chi connectivity index (χ1v) is 5.42. The van der Waals surface area contributed by atoms with Gasteiger partial charge in [-0.15, -0.1) is 0 Å². The van der Waals surface area contributed by atoms with Crippen molar-refractivity contribution in [1.29, 1.82) is 0 Å². The Balaban J connectivity index is 2.48. The van der Waals surface area contributed by atoms with E-state index in [-0.39, 0.29) is 12.5 Å². The molecule has 1 rings (SSSR count). The Labute approximate surface area is 94.0 Å². The van der Waals surface area contributed by atoms with Crippen LogP contribution < -0.4 is 10.6 Å². The zero-order valence-electron chi connectivity index (χ0n) is 9.32. The van der Waals surface area contributed by atoms with Crippen LogP contribution in [0.2, 0.25) is 0 Å². The number of carbonyl (C=O) groups excluding carboxylic acids is 1. The lowest BCUT2D eigenvalue weighted by Crippen LogP contribution is -2.46. The fourth-order valence-electron chi connectivity index (χ4n) is 1.86. The van der Waals surface area contributed by atoms with Gasteiger partial charge in [0.05, 0.1) is 12.0 Å². The van der Waals surface area contributed by atoms with Gasteiger partial charge in [-0.05, 0) is 19.4 Å². The molecule has 1 unspecified atom stereocenters. The van der Waals surface area contributed by atoms with E-state index in [4.69, 9.17) is 10.2 Å². The molecule has 2 atom stereocenters. The van der Waals surface area contributed by atoms with Crippen molar-refractivity contribution in [2.24, 2.45) is 5.41 Å². The largest absolute Gasteiger partial charge is 0.479 e. The number of carboxylic acids is 1. The molecular weight excluding hydrogens is 212 g/mol. The second kappa shape index (κ2) is 5.27. The Morgan fingerprint density at radius 1 is 1.56 bits per heavy atom. The second-order valence-electron chi connectivity index (χ2n) is 4.12. The molecule has 0 aromatic carbocycles. The van der Waals surface area contributed by atoms with Crippen molar-refractivity contribution in [3.8, 4) is 0 Å². The van der Waals surface area contributed by atoms with Gasteiger partial charge in [-0.2, -0.15) is 0 Å². The van der Waals surface area contributed by atoms with E-state index in [0.29, 0.717) is 13.0 Å². The summed E-state index contributed by atoms with van der Waals surface area (Å²) in [6.07, 6.45) is -0.0831. The third-order valence-electron chi connectivity index (χ3n) is 3.14. The molecule has 1 heterocycles. The summed E-state index contributed by atoms with van der Waals surface area (Å²) in [7, 11) is 0. The highest BCUT2D eigenvalue weighted by atomic mass is 16.4. The molecule has 1 fully saturated rings. The molecule has 16 heavy (non-hydrogen) atoms. The Morgan fingerprint density at radius 2 is 2.25 bits per heavy atom. The first-order valence-electron chi connectivity index (χ1n) is 5.42. The molecule has 0 aromatic rings. The maximum absolute atomic E-state index is 11.9. The van der Waals surface area contributed by atoms with Crippen molar-refractivity contribution in [2.45, 2.75) is 25.9 Å². The fourth-order valence-corrected chi connectivity index (χ4v) is 1.86. The lowest BCUT2D eigenvalue weighted by Gasteiger charge is -2.25. The first kappa shape index (κ1) is 12.9. The molecule has 1 aliphatic rings. The Hall–Kier alpha value is -1.14. The average Bonchev–Trinajstić information content (AvgIpc) is 2.74. The second-order valence-corrected chi connectivity index (χ2v) is 4.12. The van der Waals surface area contributed by atoms with E-state index in [2.05, 4.69) is 10.6 Å². The molecule has 1 saturated heterocycles. The van der Waals surface area contributed by atoms with Crippen molar-refractivity contribution in [1.82, 2.24) is 10.6 Å². The third-order valence-corrected chi connectivity index (χ3v) is 3.14. The third kappa shape index (κ3) is 2.70. The summed E-state index contributed by atoms with van der Waals surface area (Å²) in [6.45, 7) is 3.09. The number of aliphatic carboxylic acids is 1. The van der Waals surface area contributed by atoms with Crippen LogP contribution in [0, 0.1) is 5.41 Å². The first-order chi connectivity index (χ1) is 7.52. The minimum absolute atomic E-state index is 0.180. The van der Waals surface area contributed by atoms with Gasteiger partial charge in [-0.1, -0.05) is 6.92 Å². The maximum atomic E-state index is 11.9. The number of nitrogens with one attached hydrogen (secondary N) is 2. The van der Waals surface area contributed by atoms with Gasteiger partial charge in [0.1, 0.15) is 0 Å². The smallest absolute Gasteiger partial charge is 0.334 e. The summed E-state index contributed by atoms with van der Waals surface area (Å²) in [5.41, 5.74) is -0.446. The van der Waals surface area contributed by atoms with E-state index in [1.807, 2.05) is 6.92 Å². The lowest BCUT2D eigenvalue weighted by molar-refractivity contribution is -0.146. The molecule has 0 bridgehead atoms. The molecule has 0 spiro atoms. The van der Waals surface area contributed by atoms with Gasteiger partial charge < -0.3 is 20.8 Å². The number of aliphatic hydroxyl groups excluding tert-OH is 1. The van der Waals surface area contributed by atoms with Crippen molar-refractivity contribution >= 4 is 11.9 Å². The predicted octanol–water partition coefficient (Wildman–Crippen LogP) is -1.06. The highest BCUT2D eigenvalue weighted by Gasteiger charge is 2.39. The van der Waals surface area contributed by atoms with Crippen LogP contribution in [0.3, 0.4) is 0 Å². The van der Waals surface area contributed by atoms with Crippen molar-refractivity contribution < 1.29 is 19.8 Å². The zero-order chi connectivity index (χ0) is 12.2. The van der Waals surface area contributed by atoms with Crippen molar-refractivity contribution in [3.05, 3.63) is 0 Å². The van der Waals surface area contributed by atoms with Crippen molar-refractivity contribution in [2.75, 3.05) is 19.6 Å². The number of hydrogen-bond donors (Lipinski definition) is 4. The van der Waals surface area contributed by atoms with Crippen LogP contribution in [0.15, 0.2) is 0 Å². The molecule has 0 radical (unpaired) electrons. The zero-order valence-corrected chi connectivity index (χ0v) is 9.32. The van der Waals surface area contributed by atoms with E-state index in [9.17, 15) is 9.59 Å². The normalized spacial score (nSPS) is 26.4. The van der Waals surface area contributed by atoms with Gasteiger partial charge in [0.15, 0.2) is 6.10 Å². The number of aliphatic hydroxyl groups is 1. The van der Waals surface area contributed by atoms with Crippen LogP contribution in [-0.2, 0) is 9.59 Å². The van der Waals surface area contributed by atoms with Gasteiger partial charge in [0.2, 0.25) is 5.91 Å². The van der Waals surface area contributed by atoms with Gasteiger partial charge in [-0.3, -0.25) is 4.79 Å².